The van der Waals surface area contributed by atoms with Gasteiger partial charge < -0.3 is 30.1 Å². The van der Waals surface area contributed by atoms with Crippen LogP contribution in [-0.4, -0.2) is 52.1 Å². The molecule has 1 aliphatic carbocycles. The number of nitrogens with zero attached hydrogens (tertiary/aromatic N) is 1. The molecule has 1 aliphatic rings. The van der Waals surface area contributed by atoms with Crippen LogP contribution in [0.2, 0.25) is 0 Å². The van der Waals surface area contributed by atoms with Crippen molar-refractivity contribution in [2.24, 2.45) is 0 Å². The molecule has 2 amide bonds. The van der Waals surface area contributed by atoms with Crippen molar-refractivity contribution in [3.05, 3.63) is 77.2 Å². The maximum absolute atomic E-state index is 12.3. The Morgan fingerprint density at radius 1 is 1.09 bits per heavy atom. The Morgan fingerprint density at radius 2 is 1.71 bits per heavy atom. The fraction of sp³-hybridized carbons (Fsp3) is 0.250. The maximum Gasteiger partial charge on any atom is 0.407 e. The molecule has 0 spiro atoms. The highest BCUT2D eigenvalue weighted by molar-refractivity contribution is 5.95. The molecule has 0 bridgehead atoms. The van der Waals surface area contributed by atoms with E-state index in [0.717, 1.165) is 22.3 Å². The number of amides is 2. The zero-order chi connectivity index (χ0) is 24.2. The summed E-state index contributed by atoms with van der Waals surface area (Å²) in [4.78, 5) is 35.5. The van der Waals surface area contributed by atoms with Crippen molar-refractivity contribution < 1.29 is 33.9 Å². The van der Waals surface area contributed by atoms with Crippen LogP contribution in [0.25, 0.3) is 11.1 Å². The van der Waals surface area contributed by atoms with Gasteiger partial charge in [-0.25, -0.2) is 9.59 Å². The van der Waals surface area contributed by atoms with E-state index < -0.39 is 30.1 Å². The summed E-state index contributed by atoms with van der Waals surface area (Å²) in [7, 11) is 0. The molecule has 0 saturated carbocycles. The minimum Gasteiger partial charge on any atom is -0.480 e. The number of carbonyl (C=O) groups excluding carboxylic acids is 2. The molecule has 34 heavy (non-hydrogen) atoms. The summed E-state index contributed by atoms with van der Waals surface area (Å²) in [6, 6.07) is 15.8. The lowest BCUT2D eigenvalue weighted by Gasteiger charge is -2.15. The van der Waals surface area contributed by atoms with Crippen LogP contribution in [0, 0.1) is 0 Å². The number of aliphatic carboxylic acids is 1. The van der Waals surface area contributed by atoms with Gasteiger partial charge in [-0.05, 0) is 29.2 Å². The van der Waals surface area contributed by atoms with E-state index in [1.807, 2.05) is 48.5 Å². The van der Waals surface area contributed by atoms with E-state index in [1.54, 1.807) is 0 Å². The van der Waals surface area contributed by atoms with Crippen LogP contribution >= 0.6 is 0 Å². The number of aliphatic hydroxyl groups is 1. The van der Waals surface area contributed by atoms with Gasteiger partial charge in [0.05, 0.1) is 12.6 Å². The van der Waals surface area contributed by atoms with Crippen molar-refractivity contribution in [2.45, 2.75) is 31.5 Å². The van der Waals surface area contributed by atoms with E-state index in [0.29, 0.717) is 0 Å². The van der Waals surface area contributed by atoms with Crippen LogP contribution in [0.5, 0.6) is 0 Å². The summed E-state index contributed by atoms with van der Waals surface area (Å²) in [5, 5.41) is 26.8. The second kappa shape index (κ2) is 9.75. The quantitative estimate of drug-likeness (QED) is 0.396. The number of fused-ring (bicyclic) bond motifs is 3. The summed E-state index contributed by atoms with van der Waals surface area (Å²) in [6.45, 7) is 1.31. The smallest absolute Gasteiger partial charge is 0.407 e. The normalized spacial score (nSPS) is 13.9. The topological polar surface area (TPSA) is 151 Å². The summed E-state index contributed by atoms with van der Waals surface area (Å²) in [6.07, 6.45) is -1.97. The number of carboxylic acid groups (broad SMARTS) is 1. The van der Waals surface area contributed by atoms with Crippen molar-refractivity contribution in [3.8, 4) is 11.1 Å². The molecule has 10 heteroatoms. The van der Waals surface area contributed by atoms with Gasteiger partial charge in [0.1, 0.15) is 6.61 Å². The number of carboxylic acids is 1. The van der Waals surface area contributed by atoms with Crippen LogP contribution in [0.4, 0.5) is 4.79 Å². The Labute approximate surface area is 194 Å². The largest absolute Gasteiger partial charge is 0.480 e. The van der Waals surface area contributed by atoms with Gasteiger partial charge in [0.2, 0.25) is 0 Å². The van der Waals surface area contributed by atoms with Crippen LogP contribution < -0.4 is 10.6 Å². The van der Waals surface area contributed by atoms with Crippen molar-refractivity contribution in [2.75, 3.05) is 6.61 Å². The Hall–Kier alpha value is -4.18. The van der Waals surface area contributed by atoms with Crippen molar-refractivity contribution in [1.29, 1.82) is 0 Å². The molecule has 1 aromatic heterocycles. The molecule has 3 aromatic rings. The molecule has 0 aliphatic heterocycles. The van der Waals surface area contributed by atoms with Gasteiger partial charge in [-0.1, -0.05) is 53.7 Å². The number of benzene rings is 2. The van der Waals surface area contributed by atoms with Gasteiger partial charge in [0.25, 0.3) is 5.91 Å². The molecule has 0 fully saturated rings. The van der Waals surface area contributed by atoms with Gasteiger partial charge in [-0.15, -0.1) is 0 Å². The first-order valence-electron chi connectivity index (χ1n) is 10.6. The predicted molar refractivity (Wildman–Crippen MR) is 119 cm³/mol. The van der Waals surface area contributed by atoms with Crippen molar-refractivity contribution in [1.82, 2.24) is 15.8 Å². The Bertz CT molecular complexity index is 1180. The summed E-state index contributed by atoms with van der Waals surface area (Å²) < 4.78 is 10.5. The SMILES string of the molecule is CC(O)C(NC(=O)c1cc(CNC(=O)OCC2c3ccccc3-c3ccccc32)on1)C(=O)O. The van der Waals surface area contributed by atoms with Gasteiger partial charge in [-0.2, -0.15) is 0 Å². The fourth-order valence-corrected chi connectivity index (χ4v) is 3.92. The highest BCUT2D eigenvalue weighted by atomic mass is 16.5. The first kappa shape index (κ1) is 23.0. The van der Waals surface area contributed by atoms with Gasteiger partial charge >= 0.3 is 12.1 Å². The van der Waals surface area contributed by atoms with Gasteiger partial charge in [-0.3, -0.25) is 4.79 Å². The molecule has 0 saturated heterocycles. The van der Waals surface area contributed by atoms with Gasteiger partial charge in [0.15, 0.2) is 17.5 Å². The molecular formula is C24H23N3O7. The number of rotatable bonds is 8. The van der Waals surface area contributed by atoms with E-state index in [9.17, 15) is 19.5 Å². The number of aromatic nitrogens is 1. The van der Waals surface area contributed by atoms with Gasteiger partial charge in [0, 0.05) is 12.0 Å². The summed E-state index contributed by atoms with van der Waals surface area (Å²) in [5.41, 5.74) is 4.26. The predicted octanol–water partition coefficient (Wildman–Crippen LogP) is 2.28. The zero-order valence-electron chi connectivity index (χ0n) is 18.2. The van der Waals surface area contributed by atoms with E-state index in [2.05, 4.69) is 15.8 Å². The molecule has 2 atom stereocenters. The Balaban J connectivity index is 1.31. The minimum atomic E-state index is -1.49. The van der Waals surface area contributed by atoms with Crippen molar-refractivity contribution >= 4 is 18.0 Å². The monoisotopic (exact) mass is 465 g/mol. The lowest BCUT2D eigenvalue weighted by atomic mass is 9.98. The molecule has 10 nitrogen and oxygen atoms in total. The standard InChI is InChI=1S/C24H23N3O7/c1-13(28)21(23(30)31)26-22(29)20-10-14(34-27-20)11-25-24(32)33-12-19-17-8-4-2-6-15(17)16-7-3-5-9-18(16)19/h2-10,13,19,21,28H,11-12H2,1H3,(H,25,32)(H,26,29)(H,30,31). The van der Waals surface area contributed by atoms with Crippen LogP contribution in [-0.2, 0) is 16.1 Å². The van der Waals surface area contributed by atoms with E-state index >= 15 is 0 Å². The zero-order valence-corrected chi connectivity index (χ0v) is 18.2. The number of carbonyl (C=O) groups is 3. The summed E-state index contributed by atoms with van der Waals surface area (Å²) >= 11 is 0. The number of hydrogen-bond donors (Lipinski definition) is 4. The first-order chi connectivity index (χ1) is 16.3. The minimum absolute atomic E-state index is 0.0742. The average molecular weight is 465 g/mol. The Kier molecular flexibility index (Phi) is 6.60. The number of alkyl carbamates (subject to hydrolysis) is 1. The number of ether oxygens (including phenoxy) is 1. The fourth-order valence-electron chi connectivity index (χ4n) is 3.92. The summed E-state index contributed by atoms with van der Waals surface area (Å²) in [5.74, 6) is -2.12. The lowest BCUT2D eigenvalue weighted by Crippen LogP contribution is -2.47. The highest BCUT2D eigenvalue weighted by Gasteiger charge is 2.29. The molecule has 2 aromatic carbocycles. The van der Waals surface area contributed by atoms with Crippen molar-refractivity contribution in [3.63, 3.8) is 0 Å². The van der Waals surface area contributed by atoms with E-state index in [-0.39, 0.29) is 30.5 Å². The number of nitrogens with one attached hydrogen (secondary N) is 2. The molecule has 4 N–H and O–H groups in total. The molecule has 1 heterocycles. The van der Waals surface area contributed by atoms with E-state index in [1.165, 1.54) is 13.0 Å². The van der Waals surface area contributed by atoms with Crippen LogP contribution in [0.1, 0.15) is 40.2 Å². The van der Waals surface area contributed by atoms with Crippen LogP contribution in [0.15, 0.2) is 59.1 Å². The molecule has 0 radical (unpaired) electrons. The molecule has 2 unspecified atom stereocenters. The third-order valence-corrected chi connectivity index (χ3v) is 5.58. The average Bonchev–Trinajstić information content (AvgIpc) is 3.42. The van der Waals surface area contributed by atoms with E-state index in [4.69, 9.17) is 14.4 Å². The molecule has 4 rings (SSSR count). The third-order valence-electron chi connectivity index (χ3n) is 5.58. The molecular weight excluding hydrogens is 442 g/mol. The van der Waals surface area contributed by atoms with Crippen LogP contribution in [0.3, 0.4) is 0 Å². The lowest BCUT2D eigenvalue weighted by molar-refractivity contribution is -0.141. The second-order valence-electron chi connectivity index (χ2n) is 7.89. The Morgan fingerprint density at radius 3 is 2.29 bits per heavy atom. The molecule has 176 valence electrons. The third kappa shape index (κ3) is 4.76. The number of hydrogen-bond acceptors (Lipinski definition) is 7. The maximum atomic E-state index is 12.3. The highest BCUT2D eigenvalue weighted by Crippen LogP contribution is 2.44. The first-order valence-corrected chi connectivity index (χ1v) is 10.6. The number of aliphatic hydroxyl groups excluding tert-OH is 1. The second-order valence-corrected chi connectivity index (χ2v) is 7.89.